The van der Waals surface area contributed by atoms with Crippen LogP contribution in [0.5, 0.6) is 5.75 Å². The van der Waals surface area contributed by atoms with Crippen LogP contribution in [0.25, 0.3) is 27.7 Å². The summed E-state index contributed by atoms with van der Waals surface area (Å²) >= 11 is 6.23. The molecule has 0 saturated heterocycles. The average Bonchev–Trinajstić information content (AvgIpc) is 2.69. The van der Waals surface area contributed by atoms with Gasteiger partial charge in [0.15, 0.2) is 0 Å². The van der Waals surface area contributed by atoms with Gasteiger partial charge in [-0.2, -0.15) is 9.78 Å². The smallest absolute Gasteiger partial charge is 0.406 e. The second-order valence-corrected chi connectivity index (χ2v) is 6.68. The van der Waals surface area contributed by atoms with E-state index in [1.54, 1.807) is 24.3 Å². The summed E-state index contributed by atoms with van der Waals surface area (Å²) in [5.74, 6) is -0.955. The van der Waals surface area contributed by atoms with Gasteiger partial charge in [0.05, 0.1) is 16.1 Å². The van der Waals surface area contributed by atoms with Gasteiger partial charge < -0.3 is 4.74 Å². The van der Waals surface area contributed by atoms with Gasteiger partial charge in [0, 0.05) is 10.9 Å². The third-order valence-electron chi connectivity index (χ3n) is 4.31. The first-order chi connectivity index (χ1) is 14.2. The summed E-state index contributed by atoms with van der Waals surface area (Å²) in [6.07, 6.45) is -4.86. The Bertz CT molecular complexity index is 1300. The molecule has 0 amide bonds. The third-order valence-corrected chi connectivity index (χ3v) is 4.62. The summed E-state index contributed by atoms with van der Waals surface area (Å²) < 4.78 is 55.7. The van der Waals surface area contributed by atoms with Crippen LogP contribution in [0, 0.1) is 5.82 Å². The number of halogens is 5. The topological polar surface area (TPSA) is 44.1 Å². The Kier molecular flexibility index (Phi) is 4.95. The molecule has 30 heavy (non-hydrogen) atoms. The van der Waals surface area contributed by atoms with Gasteiger partial charge in [-0.3, -0.25) is 4.79 Å². The highest BCUT2D eigenvalue weighted by Gasteiger charge is 2.31. The molecule has 152 valence electrons. The highest BCUT2D eigenvalue weighted by Crippen LogP contribution is 2.35. The summed E-state index contributed by atoms with van der Waals surface area (Å²) in [5, 5.41) is 5.11. The molecule has 4 nitrogen and oxygen atoms in total. The molecule has 0 aliphatic rings. The van der Waals surface area contributed by atoms with Gasteiger partial charge in [0.2, 0.25) is 0 Å². The second-order valence-electron chi connectivity index (χ2n) is 6.28. The van der Waals surface area contributed by atoms with E-state index >= 15 is 0 Å². The fraction of sp³-hybridized carbons (Fsp3) is 0.0476. The van der Waals surface area contributed by atoms with Crippen molar-refractivity contribution < 1.29 is 22.3 Å². The van der Waals surface area contributed by atoms with Gasteiger partial charge in [-0.25, -0.2) is 4.39 Å². The fourth-order valence-corrected chi connectivity index (χ4v) is 3.29. The van der Waals surface area contributed by atoms with Crippen LogP contribution < -0.4 is 10.3 Å². The summed E-state index contributed by atoms with van der Waals surface area (Å²) in [6.45, 7) is 0. The molecular weight excluding hydrogens is 424 g/mol. The van der Waals surface area contributed by atoms with Crippen molar-refractivity contribution in [2.75, 3.05) is 0 Å². The molecule has 0 saturated carbocycles. The number of ether oxygens (including phenoxy) is 1. The van der Waals surface area contributed by atoms with Crippen molar-refractivity contribution in [3.8, 4) is 22.7 Å². The number of fused-ring (bicyclic) bond motifs is 1. The van der Waals surface area contributed by atoms with Crippen LogP contribution >= 0.6 is 11.6 Å². The lowest BCUT2D eigenvalue weighted by molar-refractivity contribution is -0.274. The molecule has 0 atom stereocenters. The van der Waals surface area contributed by atoms with Crippen molar-refractivity contribution in [1.82, 2.24) is 9.78 Å². The van der Waals surface area contributed by atoms with Crippen molar-refractivity contribution in [2.45, 2.75) is 6.36 Å². The summed E-state index contributed by atoms with van der Waals surface area (Å²) in [4.78, 5) is 12.9. The summed E-state index contributed by atoms with van der Waals surface area (Å²) in [7, 11) is 0. The molecule has 3 aromatic carbocycles. The van der Waals surface area contributed by atoms with Crippen LogP contribution in [0.1, 0.15) is 0 Å². The van der Waals surface area contributed by atoms with Gasteiger partial charge in [-0.1, -0.05) is 29.8 Å². The van der Waals surface area contributed by atoms with E-state index in [1.807, 2.05) is 0 Å². The minimum atomic E-state index is -4.86. The van der Waals surface area contributed by atoms with Crippen LogP contribution in [0.3, 0.4) is 0 Å². The molecule has 0 spiro atoms. The second kappa shape index (κ2) is 7.46. The quantitative estimate of drug-likeness (QED) is 0.386. The van der Waals surface area contributed by atoms with Crippen molar-refractivity contribution in [1.29, 1.82) is 0 Å². The molecule has 9 heteroatoms. The van der Waals surface area contributed by atoms with Crippen LogP contribution in [0.15, 0.2) is 71.5 Å². The van der Waals surface area contributed by atoms with E-state index in [4.69, 9.17) is 11.6 Å². The van der Waals surface area contributed by atoms with E-state index in [2.05, 4.69) is 9.84 Å². The minimum absolute atomic E-state index is 0.0429. The Balaban J connectivity index is 1.94. The van der Waals surface area contributed by atoms with Crippen LogP contribution in [0.4, 0.5) is 17.6 Å². The van der Waals surface area contributed by atoms with E-state index in [0.717, 1.165) is 16.8 Å². The average molecular weight is 435 g/mol. The lowest BCUT2D eigenvalue weighted by Crippen LogP contribution is -2.22. The molecular formula is C21H11ClF4N2O2. The Morgan fingerprint density at radius 1 is 0.933 bits per heavy atom. The molecule has 0 aliphatic heterocycles. The molecule has 0 unspecified atom stereocenters. The van der Waals surface area contributed by atoms with Crippen molar-refractivity contribution in [2.24, 2.45) is 0 Å². The zero-order valence-corrected chi connectivity index (χ0v) is 15.7. The van der Waals surface area contributed by atoms with Gasteiger partial charge >= 0.3 is 6.36 Å². The zero-order valence-electron chi connectivity index (χ0n) is 15.0. The summed E-state index contributed by atoms with van der Waals surface area (Å²) in [5.41, 5.74) is 0.465. The lowest BCUT2D eigenvalue weighted by Gasteiger charge is -2.14. The van der Waals surface area contributed by atoms with E-state index in [9.17, 15) is 22.4 Å². The number of nitrogens with zero attached hydrogens (tertiary/aromatic N) is 2. The normalized spacial score (nSPS) is 11.6. The number of hydrogen-bond acceptors (Lipinski definition) is 3. The van der Waals surface area contributed by atoms with Crippen molar-refractivity contribution in [3.05, 3.63) is 87.9 Å². The molecule has 4 aromatic rings. The monoisotopic (exact) mass is 434 g/mol. The largest absolute Gasteiger partial charge is 0.573 e. The van der Waals surface area contributed by atoms with E-state index in [0.29, 0.717) is 22.0 Å². The summed E-state index contributed by atoms with van der Waals surface area (Å²) in [6, 6.07) is 15.2. The molecule has 1 heterocycles. The molecule has 0 fully saturated rings. The molecule has 4 rings (SSSR count). The molecule has 0 N–H and O–H groups in total. The first kappa shape index (κ1) is 19.9. The van der Waals surface area contributed by atoms with Crippen LogP contribution in [0.2, 0.25) is 5.02 Å². The predicted octanol–water partition coefficient (Wildman–Crippen LogP) is 5.74. The third kappa shape index (κ3) is 3.86. The van der Waals surface area contributed by atoms with Crippen LogP contribution in [-0.4, -0.2) is 16.1 Å². The van der Waals surface area contributed by atoms with Crippen molar-refractivity contribution in [3.63, 3.8) is 0 Å². The number of alkyl halides is 3. The maximum absolute atomic E-state index is 13.3. The van der Waals surface area contributed by atoms with Gasteiger partial charge in [-0.05, 0) is 48.5 Å². The van der Waals surface area contributed by atoms with Crippen molar-refractivity contribution >= 4 is 22.4 Å². The van der Waals surface area contributed by atoms with E-state index < -0.39 is 23.5 Å². The molecule has 0 radical (unpaired) electrons. The molecule has 0 bridgehead atoms. The number of hydrogen-bond donors (Lipinski definition) is 0. The van der Waals surface area contributed by atoms with Gasteiger partial charge in [-0.15, -0.1) is 13.2 Å². The first-order valence-electron chi connectivity index (χ1n) is 8.56. The lowest BCUT2D eigenvalue weighted by atomic mass is 10.0. The zero-order chi connectivity index (χ0) is 21.5. The van der Waals surface area contributed by atoms with E-state index in [1.165, 1.54) is 30.3 Å². The Morgan fingerprint density at radius 2 is 1.60 bits per heavy atom. The van der Waals surface area contributed by atoms with E-state index in [-0.39, 0.29) is 10.7 Å². The number of aromatic nitrogens is 2. The fourth-order valence-electron chi connectivity index (χ4n) is 3.03. The predicted molar refractivity (Wildman–Crippen MR) is 104 cm³/mol. The maximum Gasteiger partial charge on any atom is 0.573 e. The van der Waals surface area contributed by atoms with Gasteiger partial charge in [0.25, 0.3) is 5.56 Å². The molecule has 0 aliphatic carbocycles. The van der Waals surface area contributed by atoms with Crippen LogP contribution in [-0.2, 0) is 0 Å². The maximum atomic E-state index is 13.3. The SMILES string of the molecule is O=c1c2ccccc2c(-c2ccc(OC(F)(F)F)cc2Cl)nn1-c1ccc(F)cc1. The first-order valence-corrected chi connectivity index (χ1v) is 8.94. The Labute approximate surface area is 171 Å². The van der Waals surface area contributed by atoms with Gasteiger partial charge in [0.1, 0.15) is 17.3 Å². The number of benzene rings is 3. The molecule has 1 aromatic heterocycles. The highest BCUT2D eigenvalue weighted by molar-refractivity contribution is 6.33. The Hall–Kier alpha value is -3.39. The standard InChI is InChI=1S/C21H11ClF4N2O2/c22-18-11-14(30-21(24,25)26)9-10-17(18)19-15-3-1-2-4-16(15)20(29)28(27-19)13-7-5-12(23)6-8-13/h1-11H. The number of rotatable bonds is 3. The Morgan fingerprint density at radius 3 is 2.23 bits per heavy atom. The minimum Gasteiger partial charge on any atom is -0.406 e. The highest BCUT2D eigenvalue weighted by atomic mass is 35.5.